The van der Waals surface area contributed by atoms with E-state index in [1.807, 2.05) is 0 Å². The van der Waals surface area contributed by atoms with Gasteiger partial charge in [-0.1, -0.05) is 0 Å². The van der Waals surface area contributed by atoms with Gasteiger partial charge in [-0.3, -0.25) is 5.73 Å². The second-order valence-electron chi connectivity index (χ2n) is 2.13. The lowest BCUT2D eigenvalue weighted by atomic mass is 10.3. The van der Waals surface area contributed by atoms with Gasteiger partial charge in [-0.15, -0.1) is 0 Å². The first kappa shape index (κ1) is 9.84. The first-order valence-corrected chi connectivity index (χ1v) is 3.00. The molecule has 0 aromatic rings. The van der Waals surface area contributed by atoms with Gasteiger partial charge in [0.15, 0.2) is 5.72 Å². The van der Waals surface area contributed by atoms with Crippen LogP contribution in [0.5, 0.6) is 0 Å². The van der Waals surface area contributed by atoms with E-state index in [4.69, 9.17) is 19.9 Å². The molecule has 0 radical (unpaired) electrons. The maximum Gasteiger partial charge on any atom is 0.163 e. The normalized spacial score (nSPS) is 12.0. The van der Waals surface area contributed by atoms with E-state index in [1.165, 1.54) is 7.11 Å². The summed E-state index contributed by atoms with van der Waals surface area (Å²) in [5.74, 6) is 0. The third-order valence-electron chi connectivity index (χ3n) is 1.18. The van der Waals surface area contributed by atoms with Crippen molar-refractivity contribution in [2.24, 2.45) is 5.73 Å². The van der Waals surface area contributed by atoms with E-state index in [0.29, 0.717) is 13.2 Å². The molecule has 10 heavy (non-hydrogen) atoms. The smallest absolute Gasteiger partial charge is 0.163 e. The molecule has 62 valence electrons. The first-order valence-electron chi connectivity index (χ1n) is 3.00. The molecule has 0 amide bonds. The molecular formula is C6H15NO3. The third kappa shape index (κ3) is 3.12. The van der Waals surface area contributed by atoms with Crippen molar-refractivity contribution < 1.29 is 14.2 Å². The van der Waals surface area contributed by atoms with Crippen LogP contribution in [0.4, 0.5) is 0 Å². The third-order valence-corrected chi connectivity index (χ3v) is 1.18. The van der Waals surface area contributed by atoms with Gasteiger partial charge in [0.25, 0.3) is 0 Å². The van der Waals surface area contributed by atoms with Crippen LogP contribution in [0.25, 0.3) is 0 Å². The topological polar surface area (TPSA) is 53.7 Å². The molecule has 0 unspecified atom stereocenters. The molecule has 0 saturated heterocycles. The minimum Gasteiger partial charge on any atom is -0.380 e. The second kappa shape index (κ2) is 4.62. The minimum atomic E-state index is -0.802. The number of hydrogen-bond acceptors (Lipinski definition) is 4. The molecule has 0 aromatic carbocycles. The van der Waals surface area contributed by atoms with Gasteiger partial charge >= 0.3 is 0 Å². The summed E-state index contributed by atoms with van der Waals surface area (Å²) < 4.78 is 14.6. The molecule has 4 heteroatoms. The summed E-state index contributed by atoms with van der Waals surface area (Å²) in [6, 6.07) is 0. The number of hydrogen-bond donors (Lipinski definition) is 1. The fraction of sp³-hybridized carbons (Fsp3) is 1.00. The molecular weight excluding hydrogens is 134 g/mol. The predicted octanol–water partition coefficient (Wildman–Crippen LogP) is -0.419. The van der Waals surface area contributed by atoms with E-state index < -0.39 is 5.72 Å². The number of ether oxygens (including phenoxy) is 3. The Hall–Kier alpha value is -0.160. The Labute approximate surface area is 61.2 Å². The van der Waals surface area contributed by atoms with Crippen molar-refractivity contribution in [3.63, 3.8) is 0 Å². The van der Waals surface area contributed by atoms with E-state index in [2.05, 4.69) is 0 Å². The fourth-order valence-electron chi connectivity index (χ4n) is 0.648. The average molecular weight is 149 g/mol. The molecule has 0 aliphatic heterocycles. The molecule has 2 N–H and O–H groups in total. The van der Waals surface area contributed by atoms with Crippen LogP contribution in [-0.2, 0) is 14.2 Å². The van der Waals surface area contributed by atoms with Crippen LogP contribution in [0.1, 0.15) is 0 Å². The lowest BCUT2D eigenvalue weighted by Gasteiger charge is -2.25. The van der Waals surface area contributed by atoms with E-state index in [1.54, 1.807) is 14.2 Å². The largest absolute Gasteiger partial charge is 0.380 e. The van der Waals surface area contributed by atoms with Crippen molar-refractivity contribution in [2.45, 2.75) is 5.72 Å². The van der Waals surface area contributed by atoms with Crippen LogP contribution in [0, 0.1) is 0 Å². The van der Waals surface area contributed by atoms with Gasteiger partial charge in [0.2, 0.25) is 0 Å². The summed E-state index contributed by atoms with van der Waals surface area (Å²) in [5, 5.41) is 0. The second-order valence-corrected chi connectivity index (χ2v) is 2.13. The zero-order valence-corrected chi connectivity index (χ0v) is 6.72. The molecule has 4 nitrogen and oxygen atoms in total. The van der Waals surface area contributed by atoms with E-state index in [9.17, 15) is 0 Å². The van der Waals surface area contributed by atoms with Gasteiger partial charge in [-0.25, -0.2) is 0 Å². The Balaban J connectivity index is 3.69. The molecule has 0 heterocycles. The maximum absolute atomic E-state index is 5.65. The van der Waals surface area contributed by atoms with Crippen molar-refractivity contribution in [2.75, 3.05) is 34.5 Å². The molecule has 0 aromatic heterocycles. The van der Waals surface area contributed by atoms with Crippen molar-refractivity contribution in [1.29, 1.82) is 0 Å². The van der Waals surface area contributed by atoms with Crippen LogP contribution < -0.4 is 5.73 Å². The molecule has 0 spiro atoms. The van der Waals surface area contributed by atoms with Crippen LogP contribution in [0.2, 0.25) is 0 Å². The van der Waals surface area contributed by atoms with Gasteiger partial charge in [0.05, 0.1) is 13.2 Å². The van der Waals surface area contributed by atoms with E-state index in [-0.39, 0.29) is 0 Å². The Kier molecular flexibility index (Phi) is 4.55. The van der Waals surface area contributed by atoms with Crippen LogP contribution in [0.3, 0.4) is 0 Å². The van der Waals surface area contributed by atoms with Gasteiger partial charge < -0.3 is 14.2 Å². The molecule has 0 aliphatic rings. The van der Waals surface area contributed by atoms with Gasteiger partial charge in [0.1, 0.15) is 0 Å². The monoisotopic (exact) mass is 149 g/mol. The molecule has 0 bridgehead atoms. The zero-order chi connectivity index (χ0) is 8.04. The Morgan fingerprint density at radius 1 is 1.10 bits per heavy atom. The van der Waals surface area contributed by atoms with Gasteiger partial charge in [0, 0.05) is 21.3 Å². The Bertz CT molecular complexity index is 81.1. The highest BCUT2D eigenvalue weighted by atomic mass is 16.6. The highest BCUT2D eigenvalue weighted by Crippen LogP contribution is 2.01. The predicted molar refractivity (Wildman–Crippen MR) is 37.7 cm³/mol. The quantitative estimate of drug-likeness (QED) is 0.539. The lowest BCUT2D eigenvalue weighted by molar-refractivity contribution is -0.0989. The maximum atomic E-state index is 5.65. The summed E-state index contributed by atoms with van der Waals surface area (Å²) in [7, 11) is 4.66. The molecule has 0 fully saturated rings. The highest BCUT2D eigenvalue weighted by Gasteiger charge is 2.23. The summed E-state index contributed by atoms with van der Waals surface area (Å²) in [4.78, 5) is 0. The van der Waals surface area contributed by atoms with Crippen LogP contribution >= 0.6 is 0 Å². The fourth-order valence-corrected chi connectivity index (χ4v) is 0.648. The number of nitrogens with two attached hydrogens (primary N) is 1. The van der Waals surface area contributed by atoms with E-state index in [0.717, 1.165) is 0 Å². The van der Waals surface area contributed by atoms with Gasteiger partial charge in [-0.2, -0.15) is 0 Å². The molecule has 0 rings (SSSR count). The van der Waals surface area contributed by atoms with Crippen molar-refractivity contribution in [3.05, 3.63) is 0 Å². The number of rotatable bonds is 5. The van der Waals surface area contributed by atoms with Gasteiger partial charge in [-0.05, 0) is 0 Å². The lowest BCUT2D eigenvalue weighted by Crippen LogP contribution is -2.50. The first-order chi connectivity index (χ1) is 4.68. The summed E-state index contributed by atoms with van der Waals surface area (Å²) in [6.45, 7) is 0.661. The van der Waals surface area contributed by atoms with Crippen LogP contribution in [-0.4, -0.2) is 40.3 Å². The number of methoxy groups -OCH3 is 3. The zero-order valence-electron chi connectivity index (χ0n) is 6.72. The minimum absolute atomic E-state index is 0.331. The standard InChI is InChI=1S/C6H15NO3/c1-8-4-6(7,10-3)5-9-2/h4-5,7H2,1-3H3. The molecule has 0 atom stereocenters. The Morgan fingerprint density at radius 3 is 1.70 bits per heavy atom. The SMILES string of the molecule is COCC(N)(COC)OC. The Morgan fingerprint density at radius 2 is 1.50 bits per heavy atom. The molecule has 0 saturated carbocycles. The van der Waals surface area contributed by atoms with E-state index >= 15 is 0 Å². The van der Waals surface area contributed by atoms with Crippen molar-refractivity contribution in [1.82, 2.24) is 0 Å². The summed E-state index contributed by atoms with van der Waals surface area (Å²) in [6.07, 6.45) is 0. The summed E-state index contributed by atoms with van der Waals surface area (Å²) >= 11 is 0. The molecule has 0 aliphatic carbocycles. The summed E-state index contributed by atoms with van der Waals surface area (Å²) in [5.41, 5.74) is 4.84. The van der Waals surface area contributed by atoms with Crippen molar-refractivity contribution in [3.8, 4) is 0 Å². The highest BCUT2D eigenvalue weighted by molar-refractivity contribution is 4.70. The van der Waals surface area contributed by atoms with Crippen molar-refractivity contribution >= 4 is 0 Å². The average Bonchev–Trinajstić information content (AvgIpc) is 1.89. The van der Waals surface area contributed by atoms with Crippen LogP contribution in [0.15, 0.2) is 0 Å².